The Morgan fingerprint density at radius 2 is 0.760 bits per heavy atom. The Morgan fingerprint density at radius 3 is 1.15 bits per heavy atom. The third kappa shape index (κ3) is 11.9. The zero-order valence-corrected chi connectivity index (χ0v) is 47.4. The van der Waals surface area contributed by atoms with Gasteiger partial charge < -0.3 is 0 Å². The molecule has 2 atom stereocenters. The van der Waals surface area contributed by atoms with E-state index >= 15 is 8.78 Å². The normalized spacial score (nSPS) is 13.7. The molecule has 6 aromatic carbocycles. The first kappa shape index (κ1) is 54.6. The molecule has 0 saturated heterocycles. The van der Waals surface area contributed by atoms with Crippen LogP contribution in [0, 0.1) is 23.5 Å². The van der Waals surface area contributed by atoms with E-state index in [-0.39, 0.29) is 17.0 Å². The van der Waals surface area contributed by atoms with Crippen LogP contribution in [0.3, 0.4) is 0 Å². The summed E-state index contributed by atoms with van der Waals surface area (Å²) in [6.07, 6.45) is 25.4. The van der Waals surface area contributed by atoms with Gasteiger partial charge in [0.1, 0.15) is 33.7 Å². The smallest absolute Gasteiger partial charge is 0.131 e. The number of aryl methyl sites for hydroxylation is 2. The van der Waals surface area contributed by atoms with Gasteiger partial charge in [-0.1, -0.05) is 217 Å². The van der Waals surface area contributed by atoms with Gasteiger partial charge in [-0.25, -0.2) is 8.78 Å². The van der Waals surface area contributed by atoms with E-state index in [1.807, 2.05) is 12.1 Å². The number of hydrogen-bond donors (Lipinski definition) is 0. The fourth-order valence-electron chi connectivity index (χ4n) is 12.5. The molecule has 0 spiro atoms. The first-order valence-electron chi connectivity index (χ1n) is 29.1. The first-order chi connectivity index (χ1) is 36.7. The summed E-state index contributed by atoms with van der Waals surface area (Å²) in [4.78, 5) is 0. The first-order valence-corrected chi connectivity index (χ1v) is 30.6. The lowest BCUT2D eigenvalue weighted by atomic mass is 9.70. The summed E-state index contributed by atoms with van der Waals surface area (Å²) < 4.78 is 51.9. The molecule has 8 aromatic rings. The van der Waals surface area contributed by atoms with Crippen molar-refractivity contribution in [1.82, 2.24) is 17.5 Å². The molecule has 0 amide bonds. The number of rotatable bonds is 28. The molecular weight excluding hydrogens is 963 g/mol. The summed E-state index contributed by atoms with van der Waals surface area (Å²) in [6, 6.07) is 34.2. The van der Waals surface area contributed by atoms with Crippen LogP contribution in [0.1, 0.15) is 192 Å². The van der Waals surface area contributed by atoms with Crippen molar-refractivity contribution >= 4 is 45.5 Å². The number of halogens is 2. The molecule has 0 fully saturated rings. The van der Waals surface area contributed by atoms with Gasteiger partial charge in [0.2, 0.25) is 0 Å². The van der Waals surface area contributed by atoms with E-state index in [1.165, 1.54) is 136 Å². The van der Waals surface area contributed by atoms with Gasteiger partial charge in [0, 0.05) is 38.8 Å². The molecule has 0 N–H and O–H groups in total. The highest BCUT2D eigenvalue weighted by Gasteiger charge is 2.43. The number of benzene rings is 6. The Hall–Kier alpha value is -5.18. The number of fused-ring (bicyclic) bond motifs is 5. The van der Waals surface area contributed by atoms with Crippen LogP contribution in [0.4, 0.5) is 8.78 Å². The van der Waals surface area contributed by atoms with Crippen molar-refractivity contribution in [2.75, 3.05) is 0 Å². The standard InChI is InChI=1S/C67H80F2N4S2/c1-7-13-17-19-39-67(40-20-18-14-8-2)59-43-49(51-35-37-57(65-63(51)70-74-72-65)55-31-27-47(41-61(55)68)25-23-45(11-5)21-15-9-3)29-33-53(59)54-34-30-50(44-60(54)67)52-36-38-58(66-64(52)71-75-73-66)56-32-28-48(42-62(56)69)26-24-46(12-6)22-16-10-4/h27-38,41-46H,7-26,39-40H2,1-6H3. The van der Waals surface area contributed by atoms with Crippen LogP contribution >= 0.6 is 23.5 Å². The van der Waals surface area contributed by atoms with Crippen molar-refractivity contribution in [2.45, 2.75) is 188 Å². The Balaban J connectivity index is 1.06. The van der Waals surface area contributed by atoms with Gasteiger partial charge in [0.05, 0.1) is 23.5 Å². The summed E-state index contributed by atoms with van der Waals surface area (Å²) in [6.45, 7) is 13.6. The number of aromatic nitrogens is 4. The van der Waals surface area contributed by atoms with E-state index in [2.05, 4.69) is 114 Å². The van der Waals surface area contributed by atoms with Crippen LogP contribution in [-0.2, 0) is 18.3 Å². The molecule has 2 aromatic heterocycles. The highest BCUT2D eigenvalue weighted by atomic mass is 32.1. The third-order valence-corrected chi connectivity index (χ3v) is 18.2. The largest absolute Gasteiger partial charge is 0.206 e. The minimum atomic E-state index is -0.201. The van der Waals surface area contributed by atoms with Gasteiger partial charge in [0.15, 0.2) is 0 Å². The molecule has 2 heterocycles. The lowest BCUT2D eigenvalue weighted by Crippen LogP contribution is -2.25. The van der Waals surface area contributed by atoms with Gasteiger partial charge in [-0.2, -0.15) is 17.5 Å². The third-order valence-electron chi connectivity index (χ3n) is 17.1. The van der Waals surface area contributed by atoms with Crippen molar-refractivity contribution in [3.63, 3.8) is 0 Å². The molecule has 9 rings (SSSR count). The Labute approximate surface area is 455 Å². The summed E-state index contributed by atoms with van der Waals surface area (Å²) in [5, 5.41) is 0. The molecule has 0 bridgehead atoms. The van der Waals surface area contributed by atoms with Crippen LogP contribution in [-0.4, -0.2) is 17.5 Å². The van der Waals surface area contributed by atoms with Crippen molar-refractivity contribution in [2.24, 2.45) is 11.8 Å². The lowest BCUT2D eigenvalue weighted by Gasteiger charge is -2.33. The van der Waals surface area contributed by atoms with Crippen LogP contribution in [0.2, 0.25) is 0 Å². The second-order valence-electron chi connectivity index (χ2n) is 22.0. The summed E-state index contributed by atoms with van der Waals surface area (Å²) in [7, 11) is 0. The molecule has 394 valence electrons. The van der Waals surface area contributed by atoms with Crippen LogP contribution in [0.25, 0.3) is 77.7 Å². The van der Waals surface area contributed by atoms with E-state index < -0.39 is 0 Å². The Bertz CT molecular complexity index is 2960. The average Bonchev–Trinajstić information content (AvgIpc) is 4.24. The highest BCUT2D eigenvalue weighted by molar-refractivity contribution is 7.00. The molecule has 1 aliphatic rings. The molecular formula is C67H80F2N4S2. The van der Waals surface area contributed by atoms with Gasteiger partial charge in [-0.15, -0.1) is 0 Å². The lowest BCUT2D eigenvalue weighted by molar-refractivity contribution is 0.401. The molecule has 0 aliphatic heterocycles. The molecule has 0 saturated carbocycles. The Morgan fingerprint density at radius 1 is 0.387 bits per heavy atom. The molecule has 1 aliphatic carbocycles. The summed E-state index contributed by atoms with van der Waals surface area (Å²) >= 11 is 2.41. The molecule has 2 unspecified atom stereocenters. The minimum Gasteiger partial charge on any atom is -0.206 e. The number of unbranched alkanes of at least 4 members (excludes halogenated alkanes) is 8. The van der Waals surface area contributed by atoms with Gasteiger partial charge in [-0.05, 0) is 119 Å². The SMILES string of the molecule is CCCCCCC1(CCCCCC)c2cc(-c3ccc(-c4ccc(CCC(CC)CCCC)cc4F)c4nsnc34)ccc2-c2ccc(-c3ccc(-c4ccc(CCC(CC)CCCC)cc4F)c4nsnc34)cc21. The van der Waals surface area contributed by atoms with E-state index in [4.69, 9.17) is 17.5 Å². The van der Waals surface area contributed by atoms with Gasteiger partial charge >= 0.3 is 0 Å². The van der Waals surface area contributed by atoms with Gasteiger partial charge in [0.25, 0.3) is 0 Å². The van der Waals surface area contributed by atoms with E-state index in [1.54, 1.807) is 12.1 Å². The van der Waals surface area contributed by atoms with E-state index in [0.29, 0.717) is 23.0 Å². The molecule has 75 heavy (non-hydrogen) atoms. The number of nitrogens with zero attached hydrogens (tertiary/aromatic N) is 4. The second kappa shape index (κ2) is 25.8. The van der Waals surface area contributed by atoms with Gasteiger partial charge in [-0.3, -0.25) is 0 Å². The van der Waals surface area contributed by atoms with E-state index in [9.17, 15) is 0 Å². The predicted molar refractivity (Wildman–Crippen MR) is 317 cm³/mol. The molecule has 0 radical (unpaired) electrons. The highest BCUT2D eigenvalue weighted by Crippen LogP contribution is 2.56. The second-order valence-corrected chi connectivity index (χ2v) is 23.1. The van der Waals surface area contributed by atoms with Crippen LogP contribution in [0.5, 0.6) is 0 Å². The summed E-state index contributed by atoms with van der Waals surface area (Å²) in [5.74, 6) is 0.971. The number of hydrogen-bond acceptors (Lipinski definition) is 6. The minimum absolute atomic E-state index is 0.197. The maximum atomic E-state index is 16.2. The monoisotopic (exact) mass is 1040 g/mol. The van der Waals surface area contributed by atoms with Crippen molar-refractivity contribution in [1.29, 1.82) is 0 Å². The topological polar surface area (TPSA) is 51.6 Å². The quantitative estimate of drug-likeness (QED) is 0.0459. The average molecular weight is 1040 g/mol. The van der Waals surface area contributed by atoms with Crippen LogP contribution < -0.4 is 0 Å². The van der Waals surface area contributed by atoms with Crippen molar-refractivity contribution < 1.29 is 8.78 Å². The van der Waals surface area contributed by atoms with Crippen molar-refractivity contribution in [3.8, 4) is 55.6 Å². The van der Waals surface area contributed by atoms with Crippen LogP contribution in [0.15, 0.2) is 97.1 Å². The predicted octanol–water partition coefficient (Wildman–Crippen LogP) is 21.1. The Kier molecular flexibility index (Phi) is 18.8. The van der Waals surface area contributed by atoms with E-state index in [0.717, 1.165) is 118 Å². The molecule has 4 nitrogen and oxygen atoms in total. The fraction of sp³-hybridized carbons (Fsp3) is 0.463. The van der Waals surface area contributed by atoms with Crippen molar-refractivity contribution in [3.05, 3.63) is 131 Å². The fourth-order valence-corrected chi connectivity index (χ4v) is 13.7. The zero-order valence-electron chi connectivity index (χ0n) is 45.8. The summed E-state index contributed by atoms with van der Waals surface area (Å²) in [5.41, 5.74) is 17.5. The zero-order chi connectivity index (χ0) is 52.3. The maximum absolute atomic E-state index is 16.2. The maximum Gasteiger partial charge on any atom is 0.131 e. The molecule has 8 heteroatoms.